The predicted molar refractivity (Wildman–Crippen MR) is 81.9 cm³/mol. The predicted octanol–water partition coefficient (Wildman–Crippen LogP) is 2.61. The lowest BCUT2D eigenvalue weighted by Crippen LogP contribution is -2.44. The Morgan fingerprint density at radius 1 is 1.36 bits per heavy atom. The van der Waals surface area contributed by atoms with Crippen LogP contribution in [0.25, 0.3) is 0 Å². The molecule has 0 unspecified atom stereocenters. The highest BCUT2D eigenvalue weighted by atomic mass is 16.6. The molecular weight excluding hydrogens is 280 g/mol. The number of cyclic esters (lactones) is 1. The standard InChI is InChI=1S/C17H20N2O3/c1-17(2)15(19-11-18-10-12(19)8-9-21-3)13-6-4-5-7-14(13)16(20)22-17/h4-7,10-11,15H,8-9H2,1-3H3/t15-/m0/s1. The monoisotopic (exact) mass is 300 g/mol. The first-order valence-corrected chi connectivity index (χ1v) is 7.36. The number of hydrogen-bond donors (Lipinski definition) is 0. The summed E-state index contributed by atoms with van der Waals surface area (Å²) in [5, 5.41) is 0. The average Bonchev–Trinajstić information content (AvgIpc) is 2.92. The number of esters is 1. The zero-order chi connectivity index (χ0) is 15.7. The van der Waals surface area contributed by atoms with Gasteiger partial charge in [-0.1, -0.05) is 18.2 Å². The number of imidazole rings is 1. The maximum absolute atomic E-state index is 12.2. The molecule has 2 aromatic rings. The van der Waals surface area contributed by atoms with Gasteiger partial charge in [0.2, 0.25) is 0 Å². The van der Waals surface area contributed by atoms with Crippen LogP contribution in [0.3, 0.4) is 0 Å². The van der Waals surface area contributed by atoms with Gasteiger partial charge in [-0.3, -0.25) is 0 Å². The van der Waals surface area contributed by atoms with Crippen LogP contribution in [-0.2, 0) is 15.9 Å². The van der Waals surface area contributed by atoms with E-state index >= 15 is 0 Å². The topological polar surface area (TPSA) is 53.4 Å². The van der Waals surface area contributed by atoms with Crippen molar-refractivity contribution < 1.29 is 14.3 Å². The van der Waals surface area contributed by atoms with E-state index in [1.807, 2.05) is 44.3 Å². The molecule has 1 aliphatic rings. The molecule has 0 spiro atoms. The van der Waals surface area contributed by atoms with Crippen molar-refractivity contribution in [2.45, 2.75) is 31.9 Å². The van der Waals surface area contributed by atoms with Gasteiger partial charge in [-0.2, -0.15) is 0 Å². The molecule has 1 aromatic carbocycles. The molecule has 0 amide bonds. The first-order chi connectivity index (χ1) is 10.5. The van der Waals surface area contributed by atoms with Crippen molar-refractivity contribution in [3.05, 3.63) is 53.6 Å². The van der Waals surface area contributed by atoms with Gasteiger partial charge in [0.25, 0.3) is 0 Å². The first kappa shape index (κ1) is 14.8. The van der Waals surface area contributed by atoms with E-state index in [2.05, 4.69) is 9.55 Å². The van der Waals surface area contributed by atoms with E-state index in [1.54, 1.807) is 13.4 Å². The summed E-state index contributed by atoms with van der Waals surface area (Å²) in [6, 6.07) is 7.51. The molecule has 5 heteroatoms. The Labute approximate surface area is 129 Å². The summed E-state index contributed by atoms with van der Waals surface area (Å²) in [4.78, 5) is 16.5. The lowest BCUT2D eigenvalue weighted by molar-refractivity contribution is -0.0266. The highest BCUT2D eigenvalue weighted by Gasteiger charge is 2.43. The van der Waals surface area contributed by atoms with Crippen LogP contribution in [0.15, 0.2) is 36.8 Å². The number of benzene rings is 1. The minimum Gasteiger partial charge on any atom is -0.453 e. The highest BCUT2D eigenvalue weighted by Crippen LogP contribution is 2.40. The molecule has 2 heterocycles. The van der Waals surface area contributed by atoms with Crippen LogP contribution >= 0.6 is 0 Å². The second-order valence-corrected chi connectivity index (χ2v) is 6.02. The molecule has 0 saturated heterocycles. The van der Waals surface area contributed by atoms with E-state index in [4.69, 9.17) is 9.47 Å². The van der Waals surface area contributed by atoms with Crippen molar-refractivity contribution in [2.24, 2.45) is 0 Å². The molecule has 1 aliphatic heterocycles. The molecule has 0 radical (unpaired) electrons. The number of ether oxygens (including phenoxy) is 2. The van der Waals surface area contributed by atoms with Gasteiger partial charge >= 0.3 is 5.97 Å². The Kier molecular flexibility index (Phi) is 3.74. The summed E-state index contributed by atoms with van der Waals surface area (Å²) < 4.78 is 12.9. The molecule has 1 atom stereocenters. The van der Waals surface area contributed by atoms with Crippen LogP contribution in [-0.4, -0.2) is 34.8 Å². The molecule has 0 N–H and O–H groups in total. The number of hydrogen-bond acceptors (Lipinski definition) is 4. The molecule has 1 aromatic heterocycles. The fourth-order valence-electron chi connectivity index (χ4n) is 3.10. The van der Waals surface area contributed by atoms with Crippen molar-refractivity contribution in [1.82, 2.24) is 9.55 Å². The van der Waals surface area contributed by atoms with Gasteiger partial charge in [0.15, 0.2) is 0 Å². The van der Waals surface area contributed by atoms with Crippen LogP contribution in [0.2, 0.25) is 0 Å². The fraction of sp³-hybridized carbons (Fsp3) is 0.412. The number of methoxy groups -OCH3 is 1. The second kappa shape index (κ2) is 5.57. The van der Waals surface area contributed by atoms with Gasteiger partial charge in [0.1, 0.15) is 5.60 Å². The number of aromatic nitrogens is 2. The molecule has 0 saturated carbocycles. The first-order valence-electron chi connectivity index (χ1n) is 7.36. The number of carbonyl (C=O) groups excluding carboxylic acids is 1. The number of rotatable bonds is 4. The molecular formula is C17H20N2O3. The van der Waals surface area contributed by atoms with Crippen LogP contribution in [0, 0.1) is 0 Å². The Hall–Kier alpha value is -2.14. The van der Waals surface area contributed by atoms with Gasteiger partial charge in [0.05, 0.1) is 24.5 Å². The quantitative estimate of drug-likeness (QED) is 0.815. The lowest BCUT2D eigenvalue weighted by atomic mass is 9.85. The summed E-state index contributed by atoms with van der Waals surface area (Å²) >= 11 is 0. The molecule has 0 aliphatic carbocycles. The third-order valence-corrected chi connectivity index (χ3v) is 4.08. The van der Waals surface area contributed by atoms with Crippen LogP contribution in [0.4, 0.5) is 0 Å². The van der Waals surface area contributed by atoms with Gasteiger partial charge in [0, 0.05) is 25.4 Å². The van der Waals surface area contributed by atoms with Gasteiger partial charge in [-0.15, -0.1) is 0 Å². The minimum absolute atomic E-state index is 0.101. The smallest absolute Gasteiger partial charge is 0.339 e. The summed E-state index contributed by atoms with van der Waals surface area (Å²) in [6.07, 6.45) is 4.40. The third-order valence-electron chi connectivity index (χ3n) is 4.08. The van der Waals surface area contributed by atoms with Crippen LogP contribution in [0.5, 0.6) is 0 Å². The van der Waals surface area contributed by atoms with Gasteiger partial charge in [-0.05, 0) is 25.5 Å². The van der Waals surface area contributed by atoms with Crippen molar-refractivity contribution >= 4 is 5.97 Å². The molecule has 0 fully saturated rings. The normalized spacial score (nSPS) is 19.6. The number of nitrogens with zero attached hydrogens (tertiary/aromatic N) is 2. The maximum Gasteiger partial charge on any atom is 0.339 e. The Bertz CT molecular complexity index is 691. The van der Waals surface area contributed by atoms with Crippen molar-refractivity contribution in [3.63, 3.8) is 0 Å². The molecule has 0 bridgehead atoms. The van der Waals surface area contributed by atoms with Crippen LogP contribution in [0.1, 0.15) is 41.5 Å². The highest BCUT2D eigenvalue weighted by molar-refractivity contribution is 5.93. The SMILES string of the molecule is COCCc1cncn1[C@H]1c2ccccc2C(=O)OC1(C)C. The van der Waals surface area contributed by atoms with E-state index in [0.29, 0.717) is 12.2 Å². The summed E-state index contributed by atoms with van der Waals surface area (Å²) in [5.74, 6) is -0.268. The van der Waals surface area contributed by atoms with Crippen molar-refractivity contribution in [1.29, 1.82) is 0 Å². The summed E-state index contributed by atoms with van der Waals surface area (Å²) in [7, 11) is 1.68. The van der Waals surface area contributed by atoms with E-state index in [9.17, 15) is 4.79 Å². The zero-order valence-corrected chi connectivity index (χ0v) is 13.1. The van der Waals surface area contributed by atoms with E-state index < -0.39 is 5.60 Å². The second-order valence-electron chi connectivity index (χ2n) is 6.02. The van der Waals surface area contributed by atoms with Gasteiger partial charge in [-0.25, -0.2) is 9.78 Å². The van der Waals surface area contributed by atoms with Crippen molar-refractivity contribution in [2.75, 3.05) is 13.7 Å². The summed E-state index contributed by atoms with van der Waals surface area (Å²) in [6.45, 7) is 4.50. The molecule has 3 rings (SSSR count). The minimum atomic E-state index is -0.645. The number of carbonyl (C=O) groups is 1. The lowest BCUT2D eigenvalue weighted by Gasteiger charge is -2.40. The van der Waals surface area contributed by atoms with Gasteiger partial charge < -0.3 is 14.0 Å². The zero-order valence-electron chi connectivity index (χ0n) is 13.1. The van der Waals surface area contributed by atoms with E-state index in [-0.39, 0.29) is 12.0 Å². The average molecular weight is 300 g/mol. The van der Waals surface area contributed by atoms with Crippen molar-refractivity contribution in [3.8, 4) is 0 Å². The number of fused-ring (bicyclic) bond motifs is 1. The maximum atomic E-state index is 12.2. The van der Waals surface area contributed by atoms with E-state index in [0.717, 1.165) is 17.7 Å². The fourth-order valence-corrected chi connectivity index (χ4v) is 3.10. The Balaban J connectivity index is 2.10. The molecule has 22 heavy (non-hydrogen) atoms. The third kappa shape index (κ3) is 2.41. The Morgan fingerprint density at radius 2 is 2.14 bits per heavy atom. The largest absolute Gasteiger partial charge is 0.453 e. The summed E-state index contributed by atoms with van der Waals surface area (Å²) in [5.41, 5.74) is 2.01. The Morgan fingerprint density at radius 3 is 2.91 bits per heavy atom. The van der Waals surface area contributed by atoms with Crippen LogP contribution < -0.4 is 0 Å². The molecule has 5 nitrogen and oxygen atoms in total. The molecule has 116 valence electrons. The van der Waals surface area contributed by atoms with E-state index in [1.165, 1.54) is 0 Å².